The van der Waals surface area contributed by atoms with Gasteiger partial charge in [0.1, 0.15) is 5.75 Å². The van der Waals surface area contributed by atoms with E-state index in [9.17, 15) is 0 Å². The van der Waals surface area contributed by atoms with E-state index in [-0.39, 0.29) is 24.0 Å². The number of nitrogens with zero attached hydrogens (tertiary/aromatic N) is 2. The summed E-state index contributed by atoms with van der Waals surface area (Å²) < 4.78 is 5.22. The van der Waals surface area contributed by atoms with Gasteiger partial charge in [-0.1, -0.05) is 19.1 Å². The molecule has 0 aliphatic carbocycles. The van der Waals surface area contributed by atoms with Crippen molar-refractivity contribution in [3.63, 3.8) is 0 Å². The lowest BCUT2D eigenvalue weighted by atomic mass is 9.98. The quantitative estimate of drug-likeness (QED) is 0.289. The predicted octanol–water partition coefficient (Wildman–Crippen LogP) is 4.68. The molecule has 1 atom stereocenters. The average molecular weight is 516 g/mol. The van der Waals surface area contributed by atoms with Crippen LogP contribution in [0.3, 0.4) is 0 Å². The second-order valence-corrected chi connectivity index (χ2v) is 7.94. The van der Waals surface area contributed by atoms with Crippen molar-refractivity contribution in [3.05, 3.63) is 45.4 Å². The van der Waals surface area contributed by atoms with E-state index in [1.165, 1.54) is 15.4 Å². The number of hydrogen-bond donors (Lipinski definition) is 2. The summed E-state index contributed by atoms with van der Waals surface area (Å²) in [5.41, 5.74) is 2.46. The molecule has 0 saturated carbocycles. The van der Waals surface area contributed by atoms with Gasteiger partial charge in [-0.25, -0.2) is 4.98 Å². The highest BCUT2D eigenvalue weighted by atomic mass is 127. The fourth-order valence-corrected chi connectivity index (χ4v) is 3.68. The Morgan fingerprint density at radius 1 is 1.21 bits per heavy atom. The second-order valence-electron chi connectivity index (χ2n) is 6.65. The highest BCUT2D eigenvalue weighted by molar-refractivity contribution is 14.0. The van der Waals surface area contributed by atoms with Gasteiger partial charge in [-0.3, -0.25) is 4.99 Å². The van der Waals surface area contributed by atoms with Gasteiger partial charge in [0.2, 0.25) is 0 Å². The van der Waals surface area contributed by atoms with Gasteiger partial charge in [-0.2, -0.15) is 0 Å². The number of nitrogens with one attached hydrogen (secondary N) is 2. The molecule has 0 bridgehead atoms. The van der Waals surface area contributed by atoms with Crippen molar-refractivity contribution in [1.82, 2.24) is 15.6 Å². The lowest BCUT2D eigenvalue weighted by Gasteiger charge is -2.13. The van der Waals surface area contributed by atoms with Crippen LogP contribution in [0.1, 0.15) is 47.3 Å². The van der Waals surface area contributed by atoms with Crippen molar-refractivity contribution in [2.45, 2.75) is 46.5 Å². The normalized spacial score (nSPS) is 12.2. The maximum Gasteiger partial charge on any atom is 0.191 e. The Bertz CT molecular complexity index is 711. The van der Waals surface area contributed by atoms with Gasteiger partial charge in [0.25, 0.3) is 0 Å². The number of aliphatic imine (C=N–C) groups is 1. The van der Waals surface area contributed by atoms with Gasteiger partial charge in [-0.05, 0) is 50.8 Å². The van der Waals surface area contributed by atoms with Crippen LogP contribution in [0, 0.1) is 13.8 Å². The van der Waals surface area contributed by atoms with Gasteiger partial charge in [0.05, 0.1) is 17.8 Å². The van der Waals surface area contributed by atoms with Gasteiger partial charge in [0, 0.05) is 30.9 Å². The molecule has 1 heterocycles. The standard InChI is InChI=1S/C21H32N4OS.HI/c1-6-22-21(24-14-12-20-25-16(3)17(4)27-20)23-13-11-15(2)18-7-9-19(26-5)10-8-18;/h7-10,15H,6,11-14H2,1-5H3,(H2,22,23,24);1H. The largest absolute Gasteiger partial charge is 0.497 e. The number of halogens is 1. The zero-order valence-corrected chi connectivity index (χ0v) is 20.7. The van der Waals surface area contributed by atoms with Crippen molar-refractivity contribution in [3.8, 4) is 5.75 Å². The minimum absolute atomic E-state index is 0. The highest BCUT2D eigenvalue weighted by Crippen LogP contribution is 2.21. The van der Waals surface area contributed by atoms with Crippen molar-refractivity contribution >= 4 is 41.3 Å². The SMILES string of the molecule is CCNC(=NCCC(C)c1ccc(OC)cc1)NCCc1nc(C)c(C)s1.I. The predicted molar refractivity (Wildman–Crippen MR) is 131 cm³/mol. The van der Waals surface area contributed by atoms with Crippen LogP contribution in [-0.4, -0.2) is 37.7 Å². The molecule has 2 rings (SSSR count). The molecule has 0 spiro atoms. The molecule has 0 fully saturated rings. The Balaban J connectivity index is 0.00000392. The van der Waals surface area contributed by atoms with Gasteiger partial charge in [0.15, 0.2) is 5.96 Å². The highest BCUT2D eigenvalue weighted by Gasteiger charge is 2.07. The van der Waals surface area contributed by atoms with Crippen LogP contribution in [0.5, 0.6) is 5.75 Å². The number of hydrogen-bond acceptors (Lipinski definition) is 4. The summed E-state index contributed by atoms with van der Waals surface area (Å²) in [7, 11) is 1.69. The van der Waals surface area contributed by atoms with E-state index in [1.807, 2.05) is 12.1 Å². The number of aromatic nitrogens is 1. The van der Waals surface area contributed by atoms with E-state index in [2.05, 4.69) is 55.4 Å². The summed E-state index contributed by atoms with van der Waals surface area (Å²) in [4.78, 5) is 10.6. The first-order valence-electron chi connectivity index (χ1n) is 9.62. The molecule has 5 nitrogen and oxygen atoms in total. The third-order valence-corrected chi connectivity index (χ3v) is 5.70. The molecule has 7 heteroatoms. The van der Waals surface area contributed by atoms with Crippen LogP contribution < -0.4 is 15.4 Å². The van der Waals surface area contributed by atoms with E-state index in [0.717, 1.165) is 49.9 Å². The molecule has 0 saturated heterocycles. The number of methoxy groups -OCH3 is 1. The third-order valence-electron chi connectivity index (χ3n) is 4.57. The van der Waals surface area contributed by atoms with Crippen molar-refractivity contribution in [2.24, 2.45) is 4.99 Å². The molecule has 1 aromatic carbocycles. The molecule has 0 radical (unpaired) electrons. The average Bonchev–Trinajstić information content (AvgIpc) is 2.99. The van der Waals surface area contributed by atoms with Crippen LogP contribution in [0.4, 0.5) is 0 Å². The number of thiazole rings is 1. The van der Waals surface area contributed by atoms with Crippen LogP contribution >= 0.6 is 35.3 Å². The van der Waals surface area contributed by atoms with E-state index in [1.54, 1.807) is 18.4 Å². The van der Waals surface area contributed by atoms with Crippen molar-refractivity contribution in [1.29, 1.82) is 0 Å². The molecule has 156 valence electrons. The minimum atomic E-state index is 0. The number of ether oxygens (including phenoxy) is 1. The van der Waals surface area contributed by atoms with Crippen LogP contribution in [0.2, 0.25) is 0 Å². The molecule has 28 heavy (non-hydrogen) atoms. The molecule has 0 aliphatic rings. The third kappa shape index (κ3) is 7.95. The van der Waals surface area contributed by atoms with Gasteiger partial charge >= 0.3 is 0 Å². The summed E-state index contributed by atoms with van der Waals surface area (Å²) in [6, 6.07) is 8.30. The summed E-state index contributed by atoms with van der Waals surface area (Å²) in [5.74, 6) is 2.24. The second kappa shape index (κ2) is 13.0. The van der Waals surface area contributed by atoms with Crippen LogP contribution in [0.25, 0.3) is 0 Å². The molecule has 0 aliphatic heterocycles. The molecule has 1 unspecified atom stereocenters. The number of benzene rings is 1. The monoisotopic (exact) mass is 516 g/mol. The minimum Gasteiger partial charge on any atom is -0.497 e. The zero-order valence-electron chi connectivity index (χ0n) is 17.5. The first kappa shape index (κ1) is 24.7. The fourth-order valence-electron chi connectivity index (χ4n) is 2.74. The maximum absolute atomic E-state index is 5.22. The molecule has 1 aromatic heterocycles. The molecular formula is C21H33IN4OS. The Labute approximate surface area is 190 Å². The van der Waals surface area contributed by atoms with E-state index in [0.29, 0.717) is 5.92 Å². The smallest absolute Gasteiger partial charge is 0.191 e. The number of guanidine groups is 1. The fraction of sp³-hybridized carbons (Fsp3) is 0.524. The summed E-state index contributed by atoms with van der Waals surface area (Å²) in [6.07, 6.45) is 1.93. The molecule has 0 amide bonds. The Morgan fingerprint density at radius 2 is 1.93 bits per heavy atom. The van der Waals surface area contributed by atoms with E-state index in [4.69, 9.17) is 9.73 Å². The summed E-state index contributed by atoms with van der Waals surface area (Å²) >= 11 is 1.78. The first-order valence-corrected chi connectivity index (χ1v) is 10.4. The molecule has 2 N–H and O–H groups in total. The van der Waals surface area contributed by atoms with Gasteiger partial charge < -0.3 is 15.4 Å². The van der Waals surface area contributed by atoms with Crippen LogP contribution in [-0.2, 0) is 6.42 Å². The first-order chi connectivity index (χ1) is 13.0. The number of aryl methyl sites for hydroxylation is 2. The zero-order chi connectivity index (χ0) is 19.6. The molecule has 2 aromatic rings. The van der Waals surface area contributed by atoms with E-state index < -0.39 is 0 Å². The van der Waals surface area contributed by atoms with Crippen LogP contribution in [0.15, 0.2) is 29.3 Å². The lowest BCUT2D eigenvalue weighted by molar-refractivity contribution is 0.414. The summed E-state index contributed by atoms with van der Waals surface area (Å²) in [6.45, 7) is 11.0. The Morgan fingerprint density at radius 3 is 2.50 bits per heavy atom. The summed E-state index contributed by atoms with van der Waals surface area (Å²) in [5, 5.41) is 7.92. The lowest BCUT2D eigenvalue weighted by Crippen LogP contribution is -2.38. The van der Waals surface area contributed by atoms with Crippen molar-refractivity contribution in [2.75, 3.05) is 26.7 Å². The Kier molecular flexibility index (Phi) is 11.4. The Hall–Kier alpha value is -1.35. The van der Waals surface area contributed by atoms with Gasteiger partial charge in [-0.15, -0.1) is 35.3 Å². The number of rotatable bonds is 9. The van der Waals surface area contributed by atoms with E-state index >= 15 is 0 Å². The van der Waals surface area contributed by atoms with Crippen molar-refractivity contribution < 1.29 is 4.74 Å². The maximum atomic E-state index is 5.22. The molecular weight excluding hydrogens is 483 g/mol. The topological polar surface area (TPSA) is 58.5 Å².